The van der Waals surface area contributed by atoms with Gasteiger partial charge in [-0.25, -0.2) is 38.8 Å². The van der Waals surface area contributed by atoms with E-state index in [0.29, 0.717) is 0 Å². The van der Waals surface area contributed by atoms with Gasteiger partial charge in [0.1, 0.15) is 0 Å². The van der Waals surface area contributed by atoms with Crippen molar-refractivity contribution in [2.45, 2.75) is 11.0 Å². The molecular formula is C8AlF11O7S2. The van der Waals surface area contributed by atoms with E-state index < -0.39 is 66.1 Å². The number of alkyl halides is 6. The van der Waals surface area contributed by atoms with Crippen molar-refractivity contribution in [1.29, 1.82) is 0 Å². The average molecular weight is 508 g/mol. The van der Waals surface area contributed by atoms with Gasteiger partial charge >= 0.3 is 28.4 Å². The summed E-state index contributed by atoms with van der Waals surface area (Å²) in [5.41, 5.74) is -11.3. The molecule has 0 heterocycles. The first-order valence-electron chi connectivity index (χ1n) is 5.19. The largest absolute Gasteiger partial charge is 3.00 e. The molecule has 0 unspecified atom stereocenters. The molecule has 1 rings (SSSR count). The van der Waals surface area contributed by atoms with Crippen LogP contribution in [0.4, 0.5) is 48.3 Å². The van der Waals surface area contributed by atoms with Gasteiger partial charge in [-0.3, -0.25) is 0 Å². The zero-order valence-corrected chi connectivity index (χ0v) is 15.2. The predicted molar refractivity (Wildman–Crippen MR) is 62.9 cm³/mol. The molecular weight excluding hydrogens is 508 g/mol. The molecule has 0 aliphatic heterocycles. The van der Waals surface area contributed by atoms with Crippen LogP contribution in [0.2, 0.25) is 0 Å². The Hall–Kier alpha value is -1.40. The smallest absolute Gasteiger partial charge is 0.868 e. The van der Waals surface area contributed by atoms with Crippen molar-refractivity contribution in [3.05, 3.63) is 29.1 Å². The van der Waals surface area contributed by atoms with E-state index in [1.54, 1.807) is 0 Å². The standard InChI is InChI=1S/C6HF5O.2CHF3O3S.Al/c7-1-2(8)4(10)6(12)5(11)3(1)9;2*2-1(3,4)8(5,6)7;/h12H;2*(H,5,6,7);/q;;;+3/p-3. The molecule has 1 aromatic rings. The summed E-state index contributed by atoms with van der Waals surface area (Å²) in [5.74, 6) is -13.6. The molecule has 1 aromatic carbocycles. The molecule has 0 aliphatic rings. The minimum Gasteiger partial charge on any atom is -0.868 e. The molecule has 0 bridgehead atoms. The quantitative estimate of drug-likeness (QED) is 0.128. The SMILES string of the molecule is O=S(=O)([O-])C(F)(F)F.O=S(=O)([O-])C(F)(F)F.[Al+3].[O-]c1c(F)c(F)c(F)c(F)c1F. The molecule has 0 radical (unpaired) electrons. The fourth-order valence-electron chi connectivity index (χ4n) is 0.585. The topological polar surface area (TPSA) is 137 Å². The molecule has 0 atom stereocenters. The number of halogens is 11. The number of hydrogen-bond donors (Lipinski definition) is 0. The number of benzene rings is 1. The molecule has 0 saturated carbocycles. The second-order valence-electron chi connectivity index (χ2n) is 3.70. The minimum atomic E-state index is -6.09. The molecule has 0 aliphatic carbocycles. The van der Waals surface area contributed by atoms with Crippen LogP contribution in [0.3, 0.4) is 0 Å². The van der Waals surface area contributed by atoms with E-state index >= 15 is 0 Å². The van der Waals surface area contributed by atoms with Gasteiger partial charge in [-0.15, -0.1) is 0 Å². The van der Waals surface area contributed by atoms with Crippen molar-refractivity contribution >= 4 is 37.6 Å². The van der Waals surface area contributed by atoms with E-state index in [1.165, 1.54) is 0 Å². The van der Waals surface area contributed by atoms with Crippen LogP contribution in [0, 0.1) is 29.1 Å². The van der Waals surface area contributed by atoms with Crippen LogP contribution in [-0.2, 0) is 20.2 Å². The summed E-state index contributed by atoms with van der Waals surface area (Å²) in [5, 5.41) is 10.2. The molecule has 0 aromatic heterocycles. The zero-order chi connectivity index (χ0) is 23.5. The van der Waals surface area contributed by atoms with Crippen LogP contribution in [0.15, 0.2) is 0 Å². The van der Waals surface area contributed by atoms with Crippen molar-refractivity contribution in [2.24, 2.45) is 0 Å². The van der Waals surface area contributed by atoms with E-state index in [1.807, 2.05) is 0 Å². The predicted octanol–water partition coefficient (Wildman–Crippen LogP) is 1.18. The summed E-state index contributed by atoms with van der Waals surface area (Å²) in [6.07, 6.45) is 0. The molecule has 166 valence electrons. The van der Waals surface area contributed by atoms with Gasteiger partial charge in [0.15, 0.2) is 49.3 Å². The molecule has 7 nitrogen and oxygen atoms in total. The molecule has 0 amide bonds. The molecule has 21 heteroatoms. The minimum absolute atomic E-state index is 0. The maximum atomic E-state index is 12.1. The normalized spacial score (nSPS) is 12.0. The summed E-state index contributed by atoms with van der Waals surface area (Å²) in [6, 6.07) is 0. The van der Waals surface area contributed by atoms with E-state index in [-0.39, 0.29) is 17.4 Å². The Labute approximate surface area is 163 Å². The third-order valence-electron chi connectivity index (χ3n) is 1.74. The van der Waals surface area contributed by atoms with Gasteiger partial charge < -0.3 is 14.2 Å². The second kappa shape index (κ2) is 10.6. The van der Waals surface area contributed by atoms with Gasteiger partial charge in [-0.2, -0.15) is 26.3 Å². The molecule has 0 spiro atoms. The van der Waals surface area contributed by atoms with Crippen LogP contribution in [-0.4, -0.2) is 54.3 Å². The van der Waals surface area contributed by atoms with Crippen molar-refractivity contribution in [2.75, 3.05) is 0 Å². The Morgan fingerprint density at radius 2 is 0.690 bits per heavy atom. The van der Waals surface area contributed by atoms with Crippen LogP contribution in [0.25, 0.3) is 0 Å². The van der Waals surface area contributed by atoms with Gasteiger partial charge in [-0.1, -0.05) is 0 Å². The first-order chi connectivity index (χ1) is 12.0. The van der Waals surface area contributed by atoms with Crippen molar-refractivity contribution in [1.82, 2.24) is 0 Å². The first kappa shape index (κ1) is 32.3. The van der Waals surface area contributed by atoms with Gasteiger partial charge in [0.25, 0.3) is 0 Å². The van der Waals surface area contributed by atoms with E-state index in [4.69, 9.17) is 25.9 Å². The van der Waals surface area contributed by atoms with Gasteiger partial charge in [0, 0.05) is 0 Å². The molecule has 0 N–H and O–H groups in total. The Balaban J connectivity index is -0.000000357. The maximum Gasteiger partial charge on any atom is 3.00 e. The summed E-state index contributed by atoms with van der Waals surface area (Å²) in [4.78, 5) is 0. The van der Waals surface area contributed by atoms with Crippen LogP contribution < -0.4 is 5.11 Å². The monoisotopic (exact) mass is 508 g/mol. The number of rotatable bonds is 0. The molecule has 29 heavy (non-hydrogen) atoms. The van der Waals surface area contributed by atoms with Crippen molar-refractivity contribution < 1.29 is 79.3 Å². The Bertz CT molecular complexity index is 762. The van der Waals surface area contributed by atoms with Gasteiger partial charge in [-0.05, 0) is 5.75 Å². The van der Waals surface area contributed by atoms with Gasteiger partial charge in [0.05, 0.1) is 0 Å². The fraction of sp³-hybridized carbons (Fsp3) is 0.250. The van der Waals surface area contributed by atoms with Gasteiger partial charge in [0.2, 0.25) is 0 Å². The van der Waals surface area contributed by atoms with Crippen LogP contribution >= 0.6 is 0 Å². The Morgan fingerprint density at radius 3 is 0.828 bits per heavy atom. The summed E-state index contributed by atoms with van der Waals surface area (Å²) < 4.78 is 178. The Morgan fingerprint density at radius 1 is 0.552 bits per heavy atom. The number of hydrogen-bond acceptors (Lipinski definition) is 7. The van der Waals surface area contributed by atoms with E-state index in [0.717, 1.165) is 0 Å². The summed E-state index contributed by atoms with van der Waals surface area (Å²) in [7, 11) is -12.2. The van der Waals surface area contributed by atoms with E-state index in [9.17, 15) is 53.4 Å². The van der Waals surface area contributed by atoms with Crippen LogP contribution in [0.1, 0.15) is 0 Å². The average Bonchev–Trinajstić information content (AvgIpc) is 2.46. The maximum absolute atomic E-state index is 12.1. The second-order valence-corrected chi connectivity index (χ2v) is 6.44. The molecule has 0 saturated heterocycles. The van der Waals surface area contributed by atoms with Crippen molar-refractivity contribution in [3.63, 3.8) is 0 Å². The third kappa shape index (κ3) is 9.77. The summed E-state index contributed by atoms with van der Waals surface area (Å²) in [6.45, 7) is 0. The van der Waals surface area contributed by atoms with E-state index in [2.05, 4.69) is 0 Å². The van der Waals surface area contributed by atoms with Crippen LogP contribution in [0.5, 0.6) is 5.75 Å². The van der Waals surface area contributed by atoms with Crippen molar-refractivity contribution in [3.8, 4) is 5.75 Å². The Kier molecular flexibility index (Phi) is 11.8. The first-order valence-corrected chi connectivity index (χ1v) is 8.01. The fourth-order valence-corrected chi connectivity index (χ4v) is 0.585. The summed E-state index contributed by atoms with van der Waals surface area (Å²) >= 11 is 0. The zero-order valence-electron chi connectivity index (χ0n) is 12.4. The third-order valence-corrected chi connectivity index (χ3v) is 2.87. The molecule has 0 fully saturated rings.